The van der Waals surface area contributed by atoms with Crippen molar-refractivity contribution in [3.63, 3.8) is 0 Å². The third-order valence-corrected chi connectivity index (χ3v) is 8.69. The molecule has 2 amide bonds. The molecular weight excluding hydrogens is 727 g/mol. The van der Waals surface area contributed by atoms with Gasteiger partial charge in [0.25, 0.3) is 11.8 Å². The first kappa shape index (κ1) is 37.4. The lowest BCUT2D eigenvalue weighted by Gasteiger charge is -2.34. The lowest BCUT2D eigenvalue weighted by atomic mass is 10.1. The van der Waals surface area contributed by atoms with Gasteiger partial charge in [-0.25, -0.2) is 4.98 Å². The van der Waals surface area contributed by atoms with Crippen molar-refractivity contribution in [3.05, 3.63) is 114 Å². The number of alkyl halides is 3. The van der Waals surface area contributed by atoms with Gasteiger partial charge in [-0.2, -0.15) is 13.2 Å². The minimum absolute atomic E-state index is 0. The Morgan fingerprint density at radius 1 is 0.882 bits per heavy atom. The number of halogens is 4. The molecule has 1 aliphatic heterocycles. The summed E-state index contributed by atoms with van der Waals surface area (Å²) in [5.74, 6) is 1.17. The highest BCUT2D eigenvalue weighted by atomic mass is 79.9. The van der Waals surface area contributed by atoms with Crippen molar-refractivity contribution in [2.75, 3.05) is 38.1 Å². The number of anilines is 1. The predicted octanol–water partition coefficient (Wildman–Crippen LogP) is 7.98. The summed E-state index contributed by atoms with van der Waals surface area (Å²) in [5, 5.41) is 0.901. The van der Waals surface area contributed by atoms with E-state index in [0.717, 1.165) is 60.6 Å². The summed E-state index contributed by atoms with van der Waals surface area (Å²) in [5.41, 5.74) is 2.36. The molecule has 268 valence electrons. The van der Waals surface area contributed by atoms with E-state index in [1.165, 1.54) is 23.7 Å². The van der Waals surface area contributed by atoms with Crippen LogP contribution in [0.2, 0.25) is 0 Å². The number of rotatable bonds is 9. The number of pyridine rings is 1. The molecule has 9 nitrogen and oxygen atoms in total. The standard InChI is InChI=1S/C38H38F3N5O4.BrH/c1-25(2)49-31-13-5-26(6-14-31)24-45-17-19-46(20-18-45)37(48)34-21-28-9-15-32(22-33(28)44(34)4)50-35-16-12-30(23-42-35)43(3)36(47)27-7-10-29(11-8-27)38(39,40)41;/h5-16,21-23,25H,17-20,24H2,1-4H3;1H. The minimum atomic E-state index is -4.48. The number of ether oxygens (including phenoxy) is 2. The molecule has 0 radical (unpaired) electrons. The van der Waals surface area contributed by atoms with E-state index in [9.17, 15) is 22.8 Å². The third-order valence-electron chi connectivity index (χ3n) is 8.69. The summed E-state index contributed by atoms with van der Waals surface area (Å²) in [6, 6.07) is 22.9. The first-order chi connectivity index (χ1) is 23.9. The van der Waals surface area contributed by atoms with Crippen molar-refractivity contribution in [2.45, 2.75) is 32.7 Å². The Morgan fingerprint density at radius 2 is 1.55 bits per heavy atom. The molecule has 0 saturated carbocycles. The van der Waals surface area contributed by atoms with Gasteiger partial charge in [-0.05, 0) is 80.1 Å². The van der Waals surface area contributed by atoms with Crippen LogP contribution >= 0.6 is 17.0 Å². The van der Waals surface area contributed by atoms with Crippen LogP contribution in [0.5, 0.6) is 17.4 Å². The van der Waals surface area contributed by atoms with Gasteiger partial charge in [-0.15, -0.1) is 17.0 Å². The minimum Gasteiger partial charge on any atom is -0.491 e. The van der Waals surface area contributed by atoms with E-state index in [4.69, 9.17) is 9.47 Å². The number of aromatic nitrogens is 2. The largest absolute Gasteiger partial charge is 0.491 e. The van der Waals surface area contributed by atoms with E-state index < -0.39 is 17.6 Å². The zero-order valence-electron chi connectivity index (χ0n) is 28.7. The Bertz CT molecular complexity index is 1970. The number of aryl methyl sites for hydroxylation is 1. The Hall–Kier alpha value is -4.88. The fraction of sp³-hybridized carbons (Fsp3) is 0.289. The molecule has 0 unspecified atom stereocenters. The summed E-state index contributed by atoms with van der Waals surface area (Å²) in [6.45, 7) is 7.66. The Morgan fingerprint density at radius 3 is 2.16 bits per heavy atom. The molecule has 0 spiro atoms. The second-order valence-corrected chi connectivity index (χ2v) is 12.6. The van der Waals surface area contributed by atoms with Gasteiger partial charge in [0, 0.05) is 69.9 Å². The summed E-state index contributed by atoms with van der Waals surface area (Å²) in [6.07, 6.45) is -2.89. The van der Waals surface area contributed by atoms with Crippen molar-refractivity contribution in [2.24, 2.45) is 7.05 Å². The molecule has 0 atom stereocenters. The average molecular weight is 767 g/mol. The molecule has 1 aliphatic rings. The highest BCUT2D eigenvalue weighted by molar-refractivity contribution is 8.93. The zero-order chi connectivity index (χ0) is 35.6. The highest BCUT2D eigenvalue weighted by Gasteiger charge is 2.30. The van der Waals surface area contributed by atoms with Crippen LogP contribution in [-0.4, -0.2) is 70.5 Å². The van der Waals surface area contributed by atoms with Gasteiger partial charge < -0.3 is 23.8 Å². The zero-order valence-corrected chi connectivity index (χ0v) is 30.4. The Labute approximate surface area is 305 Å². The van der Waals surface area contributed by atoms with Crippen LogP contribution in [0, 0.1) is 0 Å². The van der Waals surface area contributed by atoms with Crippen LogP contribution in [0.1, 0.15) is 45.8 Å². The number of fused-ring (bicyclic) bond motifs is 1. The quantitative estimate of drug-likeness (QED) is 0.152. The maximum atomic E-state index is 13.6. The van der Waals surface area contributed by atoms with E-state index in [1.807, 2.05) is 60.7 Å². The number of nitrogens with zero attached hydrogens (tertiary/aromatic N) is 5. The van der Waals surface area contributed by atoms with Crippen LogP contribution in [-0.2, 0) is 19.8 Å². The number of carbonyl (C=O) groups excluding carboxylic acids is 2. The van der Waals surface area contributed by atoms with Crippen molar-refractivity contribution < 1.29 is 32.2 Å². The molecule has 0 aliphatic carbocycles. The van der Waals surface area contributed by atoms with Crippen LogP contribution in [0.25, 0.3) is 10.9 Å². The third kappa shape index (κ3) is 8.71. The number of piperazine rings is 1. The van der Waals surface area contributed by atoms with Gasteiger partial charge in [-0.1, -0.05) is 12.1 Å². The molecule has 3 heterocycles. The van der Waals surface area contributed by atoms with Crippen molar-refractivity contribution in [1.82, 2.24) is 19.4 Å². The van der Waals surface area contributed by atoms with E-state index in [-0.39, 0.29) is 40.4 Å². The van der Waals surface area contributed by atoms with Crippen molar-refractivity contribution in [1.29, 1.82) is 0 Å². The number of hydrogen-bond donors (Lipinski definition) is 0. The van der Waals surface area contributed by atoms with E-state index in [1.54, 1.807) is 18.2 Å². The lowest BCUT2D eigenvalue weighted by molar-refractivity contribution is -0.137. The lowest BCUT2D eigenvalue weighted by Crippen LogP contribution is -2.48. The number of hydrogen-bond acceptors (Lipinski definition) is 6. The van der Waals surface area contributed by atoms with E-state index >= 15 is 0 Å². The number of benzene rings is 3. The van der Waals surface area contributed by atoms with Crippen LogP contribution in [0.15, 0.2) is 91.1 Å². The van der Waals surface area contributed by atoms with Gasteiger partial charge in [-0.3, -0.25) is 14.5 Å². The molecule has 2 aromatic heterocycles. The Kier molecular flexibility index (Phi) is 11.4. The van der Waals surface area contributed by atoms with Crippen molar-refractivity contribution in [3.8, 4) is 17.4 Å². The first-order valence-electron chi connectivity index (χ1n) is 16.3. The normalized spacial score (nSPS) is 13.6. The first-order valence-corrected chi connectivity index (χ1v) is 16.3. The topological polar surface area (TPSA) is 80.1 Å². The fourth-order valence-electron chi connectivity index (χ4n) is 5.92. The molecule has 51 heavy (non-hydrogen) atoms. The maximum absolute atomic E-state index is 13.6. The van der Waals surface area contributed by atoms with Gasteiger partial charge in [0.15, 0.2) is 0 Å². The fourth-order valence-corrected chi connectivity index (χ4v) is 5.92. The molecule has 6 rings (SSSR count). The summed E-state index contributed by atoms with van der Waals surface area (Å²) in [4.78, 5) is 36.3. The maximum Gasteiger partial charge on any atom is 0.416 e. The molecular formula is C38H39BrF3N5O4. The summed E-state index contributed by atoms with van der Waals surface area (Å²) < 4.78 is 52.3. The van der Waals surface area contributed by atoms with Gasteiger partial charge in [0.2, 0.25) is 5.88 Å². The van der Waals surface area contributed by atoms with Gasteiger partial charge >= 0.3 is 6.18 Å². The van der Waals surface area contributed by atoms with Crippen molar-refractivity contribution >= 4 is 45.4 Å². The van der Waals surface area contributed by atoms with E-state index in [0.29, 0.717) is 30.2 Å². The van der Waals surface area contributed by atoms with E-state index in [2.05, 4.69) is 22.0 Å². The van der Waals surface area contributed by atoms with Gasteiger partial charge in [0.1, 0.15) is 17.2 Å². The molecule has 5 aromatic rings. The predicted molar refractivity (Wildman–Crippen MR) is 195 cm³/mol. The molecule has 1 fully saturated rings. The van der Waals surface area contributed by atoms with Gasteiger partial charge in [0.05, 0.1) is 29.1 Å². The smallest absolute Gasteiger partial charge is 0.416 e. The van der Waals surface area contributed by atoms with Crippen LogP contribution < -0.4 is 14.4 Å². The average Bonchev–Trinajstić information content (AvgIpc) is 3.43. The molecule has 13 heteroatoms. The molecule has 0 N–H and O–H groups in total. The van der Waals surface area contributed by atoms with Crippen LogP contribution in [0.3, 0.4) is 0 Å². The second kappa shape index (κ2) is 15.6. The highest BCUT2D eigenvalue weighted by Crippen LogP contribution is 2.31. The molecule has 0 bridgehead atoms. The summed E-state index contributed by atoms with van der Waals surface area (Å²) in [7, 11) is 3.38. The summed E-state index contributed by atoms with van der Waals surface area (Å²) >= 11 is 0. The number of amides is 2. The molecule has 1 saturated heterocycles. The monoisotopic (exact) mass is 765 g/mol. The second-order valence-electron chi connectivity index (χ2n) is 12.6. The molecule has 3 aromatic carbocycles. The Balaban J connectivity index is 0.00000504. The number of carbonyl (C=O) groups is 2. The SMILES string of the molecule is Br.CC(C)Oc1ccc(CN2CCN(C(=O)c3cc4ccc(Oc5ccc(N(C)C(=O)c6ccc(C(F)(F)F)cc6)cn5)cc4n3C)CC2)cc1. The van der Waals surface area contributed by atoms with Crippen LogP contribution in [0.4, 0.5) is 18.9 Å².